The van der Waals surface area contributed by atoms with Crippen LogP contribution in [0.25, 0.3) is 0 Å². The molecule has 0 atom stereocenters. The number of nitrogens with one attached hydrogen (secondary N) is 1. The molecule has 0 radical (unpaired) electrons. The van der Waals surface area contributed by atoms with E-state index in [4.69, 9.17) is 21.2 Å². The van der Waals surface area contributed by atoms with E-state index in [1.54, 1.807) is 12.1 Å². The lowest BCUT2D eigenvalue weighted by molar-refractivity contribution is -0.110. The van der Waals surface area contributed by atoms with E-state index >= 15 is 0 Å². The van der Waals surface area contributed by atoms with Crippen molar-refractivity contribution < 1.29 is 14.4 Å². The lowest BCUT2D eigenvalue weighted by Crippen LogP contribution is -2.14. The molecular weight excluding hydrogens is 328 g/mol. The third kappa shape index (κ3) is 5.59. The van der Waals surface area contributed by atoms with Gasteiger partial charge in [0.05, 0.1) is 5.02 Å². The first kappa shape index (κ1) is 17.8. The van der Waals surface area contributed by atoms with E-state index in [2.05, 4.69) is 10.5 Å². The van der Waals surface area contributed by atoms with Gasteiger partial charge in [0.25, 0.3) is 5.91 Å². The van der Waals surface area contributed by atoms with Crippen molar-refractivity contribution in [3.8, 4) is 5.75 Å². The number of anilines is 1. The summed E-state index contributed by atoms with van der Waals surface area (Å²) in [6.07, 6.45) is 1.09. The minimum absolute atomic E-state index is 0.207. The summed E-state index contributed by atoms with van der Waals surface area (Å²) < 4.78 is 5.44. The van der Waals surface area contributed by atoms with E-state index in [0.29, 0.717) is 10.8 Å². The van der Waals surface area contributed by atoms with E-state index in [0.717, 1.165) is 23.0 Å². The maximum Gasteiger partial charge on any atom is 0.270 e. The average Bonchev–Trinajstić information content (AvgIpc) is 2.55. The fraction of sp³-hybridized carbons (Fsp3) is 0.222. The summed E-state index contributed by atoms with van der Waals surface area (Å²) in [6.45, 7) is 4.42. The second-order valence-corrected chi connectivity index (χ2v) is 5.56. The Labute approximate surface area is 146 Å². The normalized spacial score (nSPS) is 10.6. The van der Waals surface area contributed by atoms with E-state index < -0.39 is 0 Å². The van der Waals surface area contributed by atoms with Gasteiger partial charge in [0.15, 0.2) is 6.61 Å². The molecule has 0 saturated heterocycles. The zero-order valence-electron chi connectivity index (χ0n) is 13.6. The zero-order valence-corrected chi connectivity index (χ0v) is 14.3. The fourth-order valence-electron chi connectivity index (χ4n) is 2.01. The lowest BCUT2D eigenvalue weighted by atomic mass is 10.1. The third-order valence-corrected chi connectivity index (χ3v) is 3.47. The third-order valence-electron chi connectivity index (χ3n) is 3.15. The van der Waals surface area contributed by atoms with Crippen LogP contribution in [0.1, 0.15) is 11.1 Å². The Morgan fingerprint density at radius 1 is 1.21 bits per heavy atom. The van der Waals surface area contributed by atoms with Crippen LogP contribution in [0.4, 0.5) is 5.69 Å². The van der Waals surface area contributed by atoms with Crippen LogP contribution < -0.4 is 10.1 Å². The van der Waals surface area contributed by atoms with Crippen LogP contribution in [0, 0.1) is 13.8 Å². The molecule has 0 saturated carbocycles. The number of benzene rings is 2. The van der Waals surface area contributed by atoms with Crippen molar-refractivity contribution in [1.29, 1.82) is 0 Å². The second kappa shape index (κ2) is 8.93. The van der Waals surface area contributed by atoms with E-state index in [9.17, 15) is 4.79 Å². The number of halogens is 1. The number of carbonyl (C=O) groups excluding carboxylic acids is 1. The zero-order chi connectivity index (χ0) is 17.4. The molecule has 0 heterocycles. The van der Waals surface area contributed by atoms with Gasteiger partial charge in [0, 0.05) is 5.69 Å². The largest absolute Gasteiger partial charge is 0.488 e. The first-order chi connectivity index (χ1) is 11.6. The molecule has 0 fully saturated rings. The van der Waals surface area contributed by atoms with Crippen molar-refractivity contribution in [3.63, 3.8) is 0 Å². The summed E-state index contributed by atoms with van der Waals surface area (Å²) >= 11 is 5.96. The summed E-state index contributed by atoms with van der Waals surface area (Å²) in [5.41, 5.74) is 2.88. The first-order valence-corrected chi connectivity index (χ1v) is 7.85. The molecule has 1 amide bonds. The molecule has 2 rings (SSSR count). The standard InChI is InChI=1S/C18H19ClN2O3/c1-13-7-8-16(14(2)11-13)21-18(22)12-20-24-10-9-23-17-6-4-3-5-15(17)19/h3-8,11-12H,9-10H2,1-2H3,(H,21,22)/b20-12-. The van der Waals surface area contributed by atoms with Crippen LogP contribution >= 0.6 is 11.6 Å². The summed E-state index contributed by atoms with van der Waals surface area (Å²) in [5, 5.41) is 6.90. The molecule has 126 valence electrons. The van der Waals surface area contributed by atoms with Crippen molar-refractivity contribution >= 4 is 29.4 Å². The van der Waals surface area contributed by atoms with Gasteiger partial charge in [-0.15, -0.1) is 0 Å². The smallest absolute Gasteiger partial charge is 0.270 e. The maximum atomic E-state index is 11.8. The number of para-hydroxylation sites is 1. The Hall–Kier alpha value is -2.53. The van der Waals surface area contributed by atoms with Crippen LogP contribution in [-0.4, -0.2) is 25.3 Å². The number of aryl methyl sites for hydroxylation is 2. The van der Waals surface area contributed by atoms with Crippen LogP contribution in [0.2, 0.25) is 5.02 Å². The molecule has 2 aromatic rings. The van der Waals surface area contributed by atoms with Gasteiger partial charge in [-0.3, -0.25) is 4.79 Å². The predicted molar refractivity (Wildman–Crippen MR) is 95.9 cm³/mol. The Kier molecular flexibility index (Phi) is 6.63. The van der Waals surface area contributed by atoms with Crippen molar-refractivity contribution in [2.45, 2.75) is 13.8 Å². The summed E-state index contributed by atoms with van der Waals surface area (Å²) in [7, 11) is 0. The number of ether oxygens (including phenoxy) is 1. The molecule has 24 heavy (non-hydrogen) atoms. The highest BCUT2D eigenvalue weighted by Crippen LogP contribution is 2.22. The van der Waals surface area contributed by atoms with E-state index in [-0.39, 0.29) is 19.1 Å². The SMILES string of the molecule is Cc1ccc(NC(=O)/C=N\OCCOc2ccccc2Cl)c(C)c1. The summed E-state index contributed by atoms with van der Waals surface area (Å²) in [4.78, 5) is 16.8. The molecule has 5 nitrogen and oxygen atoms in total. The molecule has 0 aliphatic heterocycles. The van der Waals surface area contributed by atoms with Crippen LogP contribution in [0.5, 0.6) is 5.75 Å². The molecule has 0 aliphatic rings. The average molecular weight is 347 g/mol. The molecular formula is C18H19ClN2O3. The number of hydrogen-bond acceptors (Lipinski definition) is 4. The van der Waals surface area contributed by atoms with Gasteiger partial charge in [-0.25, -0.2) is 0 Å². The van der Waals surface area contributed by atoms with Crippen molar-refractivity contribution in [2.75, 3.05) is 18.5 Å². The molecule has 0 bridgehead atoms. The quantitative estimate of drug-likeness (QED) is 0.468. The Morgan fingerprint density at radius 2 is 2.00 bits per heavy atom. The van der Waals surface area contributed by atoms with E-state index in [1.165, 1.54) is 0 Å². The molecule has 6 heteroatoms. The molecule has 0 spiro atoms. The van der Waals surface area contributed by atoms with Crippen LogP contribution in [0.15, 0.2) is 47.6 Å². The molecule has 0 aliphatic carbocycles. The molecule has 0 unspecified atom stereocenters. The number of carbonyl (C=O) groups is 1. The second-order valence-electron chi connectivity index (χ2n) is 5.15. The minimum Gasteiger partial charge on any atom is -0.488 e. The van der Waals surface area contributed by atoms with Gasteiger partial charge in [-0.1, -0.05) is 46.6 Å². The van der Waals surface area contributed by atoms with Crippen LogP contribution in [-0.2, 0) is 9.63 Å². The topological polar surface area (TPSA) is 59.9 Å². The predicted octanol–water partition coefficient (Wildman–Crippen LogP) is 3.98. The molecule has 2 aromatic carbocycles. The van der Waals surface area contributed by atoms with Gasteiger partial charge in [-0.05, 0) is 37.6 Å². The van der Waals surface area contributed by atoms with Crippen molar-refractivity contribution in [2.24, 2.45) is 5.16 Å². The van der Waals surface area contributed by atoms with Gasteiger partial charge in [0.1, 0.15) is 18.6 Å². The van der Waals surface area contributed by atoms with Gasteiger partial charge in [0.2, 0.25) is 0 Å². The number of amides is 1. The molecule has 0 aromatic heterocycles. The van der Waals surface area contributed by atoms with Gasteiger partial charge < -0.3 is 14.9 Å². The van der Waals surface area contributed by atoms with E-state index in [1.807, 2.05) is 44.2 Å². The van der Waals surface area contributed by atoms with Crippen molar-refractivity contribution in [3.05, 3.63) is 58.6 Å². The Bertz CT molecular complexity index is 732. The van der Waals surface area contributed by atoms with Gasteiger partial charge in [-0.2, -0.15) is 0 Å². The number of hydrogen-bond donors (Lipinski definition) is 1. The van der Waals surface area contributed by atoms with Crippen molar-refractivity contribution in [1.82, 2.24) is 0 Å². The van der Waals surface area contributed by atoms with Crippen LogP contribution in [0.3, 0.4) is 0 Å². The Morgan fingerprint density at radius 3 is 2.75 bits per heavy atom. The molecule has 1 N–H and O–H groups in total. The number of rotatable bonds is 7. The highest BCUT2D eigenvalue weighted by Gasteiger charge is 2.02. The minimum atomic E-state index is -0.353. The summed E-state index contributed by atoms with van der Waals surface area (Å²) in [6, 6.07) is 12.9. The monoisotopic (exact) mass is 346 g/mol. The highest BCUT2D eigenvalue weighted by atomic mass is 35.5. The Balaban J connectivity index is 1.70. The van der Waals surface area contributed by atoms with Gasteiger partial charge >= 0.3 is 0 Å². The number of nitrogens with zero attached hydrogens (tertiary/aromatic N) is 1. The fourth-order valence-corrected chi connectivity index (χ4v) is 2.20. The highest BCUT2D eigenvalue weighted by molar-refractivity contribution is 6.32. The number of oxime groups is 1. The lowest BCUT2D eigenvalue weighted by Gasteiger charge is -2.07. The first-order valence-electron chi connectivity index (χ1n) is 7.47. The maximum absolute atomic E-state index is 11.8. The summed E-state index contributed by atoms with van der Waals surface area (Å²) in [5.74, 6) is 0.230.